The maximum atomic E-state index is 7.00. The van der Waals surface area contributed by atoms with Crippen molar-refractivity contribution in [2.24, 2.45) is 14.1 Å². The van der Waals surface area contributed by atoms with Crippen molar-refractivity contribution in [1.82, 2.24) is 4.57 Å². The van der Waals surface area contributed by atoms with Crippen LogP contribution in [0.15, 0.2) is 36.5 Å². The minimum Gasteiger partial charge on any atom is -0.400 e. The molecule has 23 heavy (non-hydrogen) atoms. The molecule has 0 spiro atoms. The summed E-state index contributed by atoms with van der Waals surface area (Å²) in [5.41, 5.74) is 3.93. The van der Waals surface area contributed by atoms with Gasteiger partial charge in [-0.25, -0.2) is 4.57 Å². The Morgan fingerprint density at radius 3 is 2.00 bits per heavy atom. The van der Waals surface area contributed by atoms with Crippen LogP contribution in [0.25, 0.3) is 21.8 Å². The Labute approximate surface area is 142 Å². The van der Waals surface area contributed by atoms with Gasteiger partial charge in [-0.1, -0.05) is 45.9 Å². The molecule has 0 saturated carbocycles. The van der Waals surface area contributed by atoms with Gasteiger partial charge in [-0.05, 0) is 6.07 Å². The fourth-order valence-electron chi connectivity index (χ4n) is 2.49. The molecule has 0 bridgehead atoms. The van der Waals surface area contributed by atoms with E-state index < -0.39 is 0 Å². The number of aromatic nitrogens is 2. The number of nitrogens with zero attached hydrogens (tertiary/aromatic N) is 2. The molecule has 0 aliphatic heterocycles. The third-order valence-electron chi connectivity index (χ3n) is 3.48. The maximum Gasteiger partial charge on any atom is 0.202 e. The molecule has 2 heterocycles. The van der Waals surface area contributed by atoms with Crippen molar-refractivity contribution in [2.45, 2.75) is 34.6 Å². The lowest BCUT2D eigenvalue weighted by atomic mass is 10.2. The number of fused-ring (bicyclic) bond motifs is 3. The average molecular weight is 319 g/mol. The van der Waals surface area contributed by atoms with Crippen LogP contribution in [0.2, 0.25) is 0 Å². The van der Waals surface area contributed by atoms with Crippen LogP contribution in [0.3, 0.4) is 0 Å². The highest BCUT2D eigenvalue weighted by atomic mass is 16.2. The van der Waals surface area contributed by atoms with Crippen LogP contribution >= 0.6 is 0 Å². The zero-order valence-corrected chi connectivity index (χ0v) is 16.3. The highest BCUT2D eigenvalue weighted by Crippen LogP contribution is 2.28. The molecule has 0 atom stereocenters. The zero-order chi connectivity index (χ0) is 17.3. The summed E-state index contributed by atoms with van der Waals surface area (Å²) in [4.78, 5) is 0. The molecule has 0 amide bonds. The minimum absolute atomic E-state index is 0. The Bertz CT molecular complexity index is 699. The number of hydrogen-bond donors (Lipinski definition) is 1. The molecule has 3 rings (SSSR count). The number of rotatable bonds is 0. The standard InChI is InChI=1S/C14H15N2.2C2H6.CH4O.CH3/c1-10-14-12(8-9-15(10)2)11-6-4-5-7-13(11)16(14)3;3*1-2;/h4-9H,1-3H3;2*1-2H3;2H,1H3;1H3/q+1;;;;-1. The van der Waals surface area contributed by atoms with Crippen molar-refractivity contribution in [3.63, 3.8) is 0 Å². The van der Waals surface area contributed by atoms with Crippen LogP contribution in [0.5, 0.6) is 0 Å². The molecule has 0 aliphatic rings. The van der Waals surface area contributed by atoms with E-state index in [2.05, 4.69) is 66.7 Å². The maximum absolute atomic E-state index is 7.00. The van der Waals surface area contributed by atoms with Gasteiger partial charge in [0, 0.05) is 43.4 Å². The summed E-state index contributed by atoms with van der Waals surface area (Å²) < 4.78 is 4.45. The van der Waals surface area contributed by atoms with Gasteiger partial charge in [0.25, 0.3) is 0 Å². The van der Waals surface area contributed by atoms with Crippen LogP contribution in [0, 0.1) is 14.4 Å². The third-order valence-corrected chi connectivity index (χ3v) is 3.48. The van der Waals surface area contributed by atoms with Gasteiger partial charge < -0.3 is 17.1 Å². The summed E-state index contributed by atoms with van der Waals surface area (Å²) in [6.07, 6.45) is 2.13. The fraction of sp³-hybridized carbons (Fsp3) is 0.400. The first-order chi connectivity index (χ1) is 10.7. The Balaban J connectivity index is 0. The second-order valence-corrected chi connectivity index (χ2v) is 4.35. The van der Waals surface area contributed by atoms with Gasteiger partial charge in [0.15, 0.2) is 6.20 Å². The summed E-state index contributed by atoms with van der Waals surface area (Å²) in [5, 5.41) is 9.68. The SMILES string of the molecule is CC.CC.CO.Cc1c2c(cc[n+]1C)c1ccccc1n2C.[CH3-]. The van der Waals surface area contributed by atoms with E-state index in [0.717, 1.165) is 7.11 Å². The lowest BCUT2D eigenvalue weighted by Gasteiger charge is -1.99. The Kier molecular flexibility index (Phi) is 11.9. The smallest absolute Gasteiger partial charge is 0.202 e. The van der Waals surface area contributed by atoms with E-state index in [1.54, 1.807) is 0 Å². The van der Waals surface area contributed by atoms with E-state index in [1.807, 2.05) is 27.7 Å². The van der Waals surface area contributed by atoms with Gasteiger partial charge in [-0.15, -0.1) is 0 Å². The number of para-hydroxylation sites is 1. The van der Waals surface area contributed by atoms with E-state index >= 15 is 0 Å². The van der Waals surface area contributed by atoms with Crippen LogP contribution in [0.1, 0.15) is 33.4 Å². The molecular weight excluding hydrogens is 284 g/mol. The first kappa shape index (κ1) is 23.4. The van der Waals surface area contributed by atoms with Gasteiger partial charge in [0.1, 0.15) is 12.6 Å². The molecule has 1 aromatic carbocycles. The molecule has 3 heteroatoms. The number of benzene rings is 1. The van der Waals surface area contributed by atoms with Crippen LogP contribution in [-0.4, -0.2) is 16.8 Å². The van der Waals surface area contributed by atoms with Gasteiger partial charge >= 0.3 is 0 Å². The van der Waals surface area contributed by atoms with Crippen molar-refractivity contribution in [3.05, 3.63) is 49.6 Å². The molecular formula is C20H34N2O. The first-order valence-electron chi connectivity index (χ1n) is 7.97. The predicted octanol–water partition coefficient (Wildman–Crippen LogP) is 4.58. The Morgan fingerprint density at radius 1 is 0.913 bits per heavy atom. The molecule has 130 valence electrons. The van der Waals surface area contributed by atoms with E-state index in [9.17, 15) is 0 Å². The van der Waals surface area contributed by atoms with Crippen LogP contribution in [-0.2, 0) is 14.1 Å². The van der Waals surface area contributed by atoms with E-state index in [-0.39, 0.29) is 7.43 Å². The molecule has 3 nitrogen and oxygen atoms in total. The summed E-state index contributed by atoms with van der Waals surface area (Å²) in [6, 6.07) is 10.8. The van der Waals surface area contributed by atoms with Crippen LogP contribution in [0.4, 0.5) is 0 Å². The summed E-state index contributed by atoms with van der Waals surface area (Å²) >= 11 is 0. The summed E-state index contributed by atoms with van der Waals surface area (Å²) in [5.74, 6) is 0. The molecule has 0 saturated heterocycles. The van der Waals surface area contributed by atoms with Crippen molar-refractivity contribution in [2.75, 3.05) is 7.11 Å². The van der Waals surface area contributed by atoms with Crippen molar-refractivity contribution in [3.8, 4) is 0 Å². The number of aliphatic hydroxyl groups excluding tert-OH is 1. The quantitative estimate of drug-likeness (QED) is 0.477. The van der Waals surface area contributed by atoms with E-state index in [4.69, 9.17) is 5.11 Å². The molecule has 3 aromatic rings. The monoisotopic (exact) mass is 318 g/mol. The highest BCUT2D eigenvalue weighted by Gasteiger charge is 2.14. The minimum atomic E-state index is 0. The Hall–Kier alpha value is -1.87. The van der Waals surface area contributed by atoms with Crippen molar-refractivity contribution < 1.29 is 9.67 Å². The van der Waals surface area contributed by atoms with Gasteiger partial charge in [0.2, 0.25) is 5.69 Å². The number of hydrogen-bond acceptors (Lipinski definition) is 1. The second-order valence-electron chi connectivity index (χ2n) is 4.35. The molecule has 0 radical (unpaired) electrons. The Morgan fingerprint density at radius 2 is 1.43 bits per heavy atom. The van der Waals surface area contributed by atoms with Crippen molar-refractivity contribution >= 4 is 21.8 Å². The second kappa shape index (κ2) is 11.7. The van der Waals surface area contributed by atoms with E-state index in [1.165, 1.54) is 27.5 Å². The zero-order valence-electron chi connectivity index (χ0n) is 16.3. The molecule has 0 aliphatic carbocycles. The summed E-state index contributed by atoms with van der Waals surface area (Å²) in [7, 11) is 5.23. The summed E-state index contributed by atoms with van der Waals surface area (Å²) in [6.45, 7) is 10.2. The lowest BCUT2D eigenvalue weighted by Crippen LogP contribution is -2.31. The lowest BCUT2D eigenvalue weighted by molar-refractivity contribution is -0.676. The largest absolute Gasteiger partial charge is 0.400 e. The molecule has 1 N–H and O–H groups in total. The average Bonchev–Trinajstić information content (AvgIpc) is 2.90. The normalized spacial score (nSPS) is 8.74. The van der Waals surface area contributed by atoms with Gasteiger partial charge in [-0.2, -0.15) is 0 Å². The van der Waals surface area contributed by atoms with Crippen molar-refractivity contribution in [1.29, 1.82) is 0 Å². The predicted molar refractivity (Wildman–Crippen MR) is 104 cm³/mol. The molecule has 2 aromatic heterocycles. The first-order valence-corrected chi connectivity index (χ1v) is 7.97. The number of pyridine rings is 1. The third kappa shape index (κ3) is 4.55. The topological polar surface area (TPSA) is 29.0 Å². The van der Waals surface area contributed by atoms with E-state index in [0.29, 0.717) is 0 Å². The number of aliphatic hydroxyl groups is 1. The number of aryl methyl sites for hydroxylation is 3. The highest BCUT2D eigenvalue weighted by molar-refractivity contribution is 6.08. The fourth-order valence-corrected chi connectivity index (χ4v) is 2.49. The molecule has 0 fully saturated rings. The van der Waals surface area contributed by atoms with Crippen LogP contribution < -0.4 is 4.57 Å². The van der Waals surface area contributed by atoms with Gasteiger partial charge in [-0.3, -0.25) is 0 Å². The van der Waals surface area contributed by atoms with Gasteiger partial charge in [0.05, 0.1) is 0 Å². The molecule has 0 unspecified atom stereocenters.